The number of nitrogens with one attached hydrogen (secondary N) is 1. The van der Waals surface area contributed by atoms with Gasteiger partial charge in [0.05, 0.1) is 39.9 Å². The van der Waals surface area contributed by atoms with Gasteiger partial charge in [0.1, 0.15) is 13.2 Å². The topological polar surface area (TPSA) is 108 Å². The van der Waals surface area contributed by atoms with Crippen LogP contribution in [0.2, 0.25) is 0 Å². The Morgan fingerprint density at radius 3 is 1.68 bits per heavy atom. The molecule has 0 bridgehead atoms. The molecule has 0 rings (SSSR count). The highest BCUT2D eigenvalue weighted by Gasteiger charge is 2.23. The molecule has 0 aromatic rings. The zero-order chi connectivity index (χ0) is 39.3. The van der Waals surface area contributed by atoms with E-state index >= 15 is 0 Å². The fourth-order valence-electron chi connectivity index (χ4n) is 5.78. The van der Waals surface area contributed by atoms with Gasteiger partial charge in [-0.1, -0.05) is 152 Å². The Hall–Kier alpha value is -1.54. The number of quaternary nitrogens is 1. The highest BCUT2D eigenvalue weighted by molar-refractivity contribution is 7.45. The minimum Gasteiger partial charge on any atom is -0.756 e. The number of unbranched alkanes of at least 4 members (excludes halogenated alkanes) is 19. The van der Waals surface area contributed by atoms with E-state index in [1.54, 1.807) is 6.08 Å². The lowest BCUT2D eigenvalue weighted by Gasteiger charge is -2.29. The van der Waals surface area contributed by atoms with Gasteiger partial charge in [0.25, 0.3) is 7.82 Å². The Morgan fingerprint density at radius 1 is 0.660 bits per heavy atom. The van der Waals surface area contributed by atoms with Crippen LogP contribution in [0.15, 0.2) is 48.6 Å². The maximum absolute atomic E-state index is 12.8. The molecule has 2 N–H and O–H groups in total. The summed E-state index contributed by atoms with van der Waals surface area (Å²) in [5.74, 6) is -0.215. The second kappa shape index (κ2) is 36.1. The molecule has 53 heavy (non-hydrogen) atoms. The first kappa shape index (κ1) is 51.5. The lowest BCUT2D eigenvalue weighted by atomic mass is 10.1. The Balaban J connectivity index is 4.44. The van der Waals surface area contributed by atoms with Crippen LogP contribution in [0, 0.1) is 0 Å². The first-order chi connectivity index (χ1) is 25.5. The van der Waals surface area contributed by atoms with E-state index in [2.05, 4.69) is 55.6 Å². The second-order valence-electron chi connectivity index (χ2n) is 15.7. The van der Waals surface area contributed by atoms with Crippen LogP contribution in [0.4, 0.5) is 0 Å². The number of hydrogen-bond donors (Lipinski definition) is 2. The molecule has 0 spiro atoms. The third-order valence-electron chi connectivity index (χ3n) is 9.26. The van der Waals surface area contributed by atoms with Crippen molar-refractivity contribution >= 4 is 13.7 Å². The van der Waals surface area contributed by atoms with Crippen molar-refractivity contribution in [1.29, 1.82) is 0 Å². The van der Waals surface area contributed by atoms with Crippen LogP contribution < -0.4 is 10.2 Å². The summed E-state index contributed by atoms with van der Waals surface area (Å²) in [6.45, 7) is 4.56. The minimum atomic E-state index is -4.59. The lowest BCUT2D eigenvalue weighted by Crippen LogP contribution is -2.45. The molecule has 0 aromatic carbocycles. The monoisotopic (exact) mass is 767 g/mol. The van der Waals surface area contributed by atoms with Gasteiger partial charge in [0.2, 0.25) is 5.91 Å². The predicted molar refractivity (Wildman–Crippen MR) is 224 cm³/mol. The van der Waals surface area contributed by atoms with E-state index in [1.165, 1.54) is 109 Å². The van der Waals surface area contributed by atoms with Gasteiger partial charge in [-0.2, -0.15) is 0 Å². The van der Waals surface area contributed by atoms with Gasteiger partial charge in [0, 0.05) is 6.42 Å². The number of rotatable bonds is 38. The number of aliphatic hydroxyl groups excluding tert-OH is 1. The molecule has 8 nitrogen and oxygen atoms in total. The van der Waals surface area contributed by atoms with Crippen molar-refractivity contribution < 1.29 is 32.9 Å². The normalized spacial score (nSPS) is 14.9. The van der Waals surface area contributed by atoms with Gasteiger partial charge in [-0.15, -0.1) is 0 Å². The number of hydrogen-bond acceptors (Lipinski definition) is 6. The molecule has 0 aliphatic heterocycles. The van der Waals surface area contributed by atoms with Crippen molar-refractivity contribution in [1.82, 2.24) is 5.32 Å². The number of amides is 1. The Bertz CT molecular complexity index is 1010. The molecule has 0 fully saturated rings. The van der Waals surface area contributed by atoms with Gasteiger partial charge in [0.15, 0.2) is 0 Å². The van der Waals surface area contributed by atoms with Crippen molar-refractivity contribution in [2.45, 2.75) is 187 Å². The third kappa shape index (κ3) is 38.5. The summed E-state index contributed by atoms with van der Waals surface area (Å²) in [4.78, 5) is 25.2. The maximum atomic E-state index is 12.8. The molecule has 310 valence electrons. The summed E-state index contributed by atoms with van der Waals surface area (Å²) in [5, 5.41) is 13.7. The number of carbonyl (C=O) groups excluding carboxylic acids is 1. The summed E-state index contributed by atoms with van der Waals surface area (Å²) in [7, 11) is 1.23. The molecule has 3 unspecified atom stereocenters. The van der Waals surface area contributed by atoms with Crippen molar-refractivity contribution in [3.05, 3.63) is 48.6 Å². The number of allylic oxidation sites excluding steroid dienone is 7. The van der Waals surface area contributed by atoms with Crippen molar-refractivity contribution in [3.8, 4) is 0 Å². The fraction of sp³-hybridized carbons (Fsp3) is 0.795. The molecule has 3 atom stereocenters. The van der Waals surface area contributed by atoms with E-state index in [-0.39, 0.29) is 12.5 Å². The number of phosphoric ester groups is 1. The molecular weight excluding hydrogens is 683 g/mol. The molecule has 0 aromatic heterocycles. The number of likely N-dealkylation sites (N-methyl/N-ethyl adjacent to an activating group) is 1. The third-order valence-corrected chi connectivity index (χ3v) is 10.2. The average molecular weight is 767 g/mol. The molecule has 0 saturated carbocycles. The summed E-state index contributed by atoms with van der Waals surface area (Å²) in [6, 6.07) is -0.904. The molecule has 0 saturated heterocycles. The zero-order valence-electron chi connectivity index (χ0n) is 35.0. The Kier molecular flexibility index (Phi) is 35.1. The Labute approximate surface area is 327 Å². The van der Waals surface area contributed by atoms with E-state index < -0.39 is 26.6 Å². The van der Waals surface area contributed by atoms with Gasteiger partial charge < -0.3 is 28.8 Å². The SMILES string of the molecule is CCCCC/C=C\C/C=C\CCCCCCCCCCCC(=O)NC(COP(=O)([O-])OCC[N+](C)(C)C)C(O)/C=C/CC/C=C/CCCCCCCC. The highest BCUT2D eigenvalue weighted by atomic mass is 31.2. The summed E-state index contributed by atoms with van der Waals surface area (Å²) in [5.41, 5.74) is 0. The van der Waals surface area contributed by atoms with Gasteiger partial charge in [-0.05, 0) is 64.2 Å². The summed E-state index contributed by atoms with van der Waals surface area (Å²) >= 11 is 0. The average Bonchev–Trinajstić information content (AvgIpc) is 3.10. The summed E-state index contributed by atoms with van der Waals surface area (Å²) in [6.07, 6.45) is 44.4. The molecule has 0 heterocycles. The van der Waals surface area contributed by atoms with Crippen molar-refractivity contribution in [3.63, 3.8) is 0 Å². The van der Waals surface area contributed by atoms with Crippen LogP contribution in [0.3, 0.4) is 0 Å². The molecular formula is C44H83N2O6P. The zero-order valence-corrected chi connectivity index (χ0v) is 35.8. The molecule has 0 aliphatic carbocycles. The first-order valence-electron chi connectivity index (χ1n) is 21.5. The number of nitrogens with zero attached hydrogens (tertiary/aromatic N) is 1. The fourth-order valence-corrected chi connectivity index (χ4v) is 6.51. The molecule has 0 aliphatic rings. The van der Waals surface area contributed by atoms with E-state index in [0.29, 0.717) is 17.4 Å². The predicted octanol–water partition coefficient (Wildman–Crippen LogP) is 11.1. The van der Waals surface area contributed by atoms with E-state index in [9.17, 15) is 19.4 Å². The van der Waals surface area contributed by atoms with E-state index in [1.807, 2.05) is 27.2 Å². The smallest absolute Gasteiger partial charge is 0.268 e. The van der Waals surface area contributed by atoms with Gasteiger partial charge >= 0.3 is 0 Å². The Morgan fingerprint density at radius 2 is 1.11 bits per heavy atom. The maximum Gasteiger partial charge on any atom is 0.268 e. The summed E-state index contributed by atoms with van der Waals surface area (Å²) < 4.78 is 23.1. The quantitative estimate of drug-likeness (QED) is 0.0280. The second-order valence-corrected chi connectivity index (χ2v) is 17.1. The molecule has 0 radical (unpaired) electrons. The number of aliphatic hydroxyl groups is 1. The standard InChI is InChI=1S/C44H83N2O6P/c1-6-8-10-12-14-16-18-20-21-22-23-24-25-26-28-30-32-34-36-38-44(48)45-42(41-52-53(49,50)51-40-39-46(3,4)5)43(47)37-35-33-31-29-27-19-17-15-13-11-9-7-2/h14,16,20-21,27,29,35,37,42-43,47H,6-13,15,17-19,22-26,28,30-34,36,38-41H2,1-5H3,(H-,45,48,49,50)/b16-14-,21-20-,29-27+,37-35+. The van der Waals surface area contributed by atoms with Crippen LogP contribution in [-0.2, 0) is 18.4 Å². The van der Waals surface area contributed by atoms with Crippen LogP contribution in [0.5, 0.6) is 0 Å². The van der Waals surface area contributed by atoms with Crippen molar-refractivity contribution in [2.75, 3.05) is 40.9 Å². The van der Waals surface area contributed by atoms with Crippen LogP contribution in [-0.4, -0.2) is 68.5 Å². The molecule has 9 heteroatoms. The van der Waals surface area contributed by atoms with Crippen molar-refractivity contribution in [2.24, 2.45) is 0 Å². The minimum absolute atomic E-state index is 0.00863. The van der Waals surface area contributed by atoms with E-state index in [4.69, 9.17) is 9.05 Å². The molecule has 1 amide bonds. The largest absolute Gasteiger partial charge is 0.756 e. The van der Waals surface area contributed by atoms with E-state index in [0.717, 1.165) is 44.9 Å². The highest BCUT2D eigenvalue weighted by Crippen LogP contribution is 2.38. The van der Waals surface area contributed by atoms with Crippen LogP contribution >= 0.6 is 7.82 Å². The first-order valence-corrected chi connectivity index (χ1v) is 23.0. The van der Waals surface area contributed by atoms with Crippen LogP contribution in [0.1, 0.15) is 174 Å². The van der Waals surface area contributed by atoms with Gasteiger partial charge in [-0.3, -0.25) is 9.36 Å². The van der Waals surface area contributed by atoms with Gasteiger partial charge in [-0.25, -0.2) is 0 Å². The lowest BCUT2D eigenvalue weighted by molar-refractivity contribution is -0.870. The number of phosphoric acid groups is 1. The number of carbonyl (C=O) groups is 1. The van der Waals surface area contributed by atoms with Crippen LogP contribution in [0.25, 0.3) is 0 Å².